The number of fused-ring (bicyclic) bond motifs is 1. The minimum atomic E-state index is -4.51. The van der Waals surface area contributed by atoms with Crippen LogP contribution in [0.4, 0.5) is 18.9 Å². The summed E-state index contributed by atoms with van der Waals surface area (Å²) in [5.41, 5.74) is 5.65. The van der Waals surface area contributed by atoms with Crippen molar-refractivity contribution in [1.82, 2.24) is 10.6 Å². The summed E-state index contributed by atoms with van der Waals surface area (Å²) in [6.07, 6.45) is -3.26. The van der Waals surface area contributed by atoms with Gasteiger partial charge in [0.2, 0.25) is 18.0 Å². The summed E-state index contributed by atoms with van der Waals surface area (Å²) in [4.78, 5) is 46.1. The third-order valence-corrected chi connectivity index (χ3v) is 7.41. The topological polar surface area (TPSA) is 117 Å². The molecule has 2 aromatic carbocycles. The molecule has 0 bridgehead atoms. The van der Waals surface area contributed by atoms with Crippen LogP contribution < -0.4 is 21.3 Å². The van der Waals surface area contributed by atoms with Crippen LogP contribution in [0.2, 0.25) is 0 Å². The number of alkyl halides is 3. The maximum Gasteiger partial charge on any atom is 0.416 e. The number of halogens is 3. The number of hydrogen-bond acceptors (Lipinski definition) is 5. The van der Waals surface area contributed by atoms with Crippen LogP contribution in [0.15, 0.2) is 53.5 Å². The predicted molar refractivity (Wildman–Crippen MR) is 146 cm³/mol. The SMILES string of the molecule is CC(C)CC(N)C(=O)NC1(C(=O)NC2N=C(c3ccc(C(F)(F)F)cc3)c3ccccc3N(C)C2=O)CCCC1. The number of aliphatic imine (C=N–C) groups is 1. The number of nitrogens with zero attached hydrogens (tertiary/aromatic N) is 2. The number of rotatable bonds is 7. The van der Waals surface area contributed by atoms with Crippen molar-refractivity contribution >= 4 is 29.1 Å². The third kappa shape index (κ3) is 6.04. The van der Waals surface area contributed by atoms with Gasteiger partial charge in [-0.05, 0) is 43.4 Å². The molecule has 3 amide bonds. The second-order valence-corrected chi connectivity index (χ2v) is 10.9. The van der Waals surface area contributed by atoms with Crippen molar-refractivity contribution in [3.63, 3.8) is 0 Å². The van der Waals surface area contributed by atoms with Gasteiger partial charge in [-0.25, -0.2) is 4.99 Å². The molecule has 2 aromatic rings. The van der Waals surface area contributed by atoms with Crippen LogP contribution in [0.5, 0.6) is 0 Å². The van der Waals surface area contributed by atoms with Crippen LogP contribution in [-0.2, 0) is 20.6 Å². The summed E-state index contributed by atoms with van der Waals surface area (Å²) in [6.45, 7) is 3.90. The molecule has 2 aliphatic rings. The molecule has 1 fully saturated rings. The Hall–Kier alpha value is -3.73. The Kier molecular flexibility index (Phi) is 8.34. The number of amides is 3. The van der Waals surface area contributed by atoms with Gasteiger partial charge in [-0.2, -0.15) is 13.2 Å². The number of benzene rings is 2. The fourth-order valence-corrected chi connectivity index (χ4v) is 5.26. The van der Waals surface area contributed by atoms with Crippen LogP contribution in [-0.4, -0.2) is 48.2 Å². The normalized spacial score (nSPS) is 19.5. The molecule has 8 nitrogen and oxygen atoms in total. The number of benzodiazepines with no additional fused rings is 1. The lowest BCUT2D eigenvalue weighted by atomic mass is 9.94. The van der Waals surface area contributed by atoms with Crippen molar-refractivity contribution in [2.75, 3.05) is 11.9 Å². The van der Waals surface area contributed by atoms with Crippen LogP contribution in [0.3, 0.4) is 0 Å². The highest BCUT2D eigenvalue weighted by Crippen LogP contribution is 2.33. The van der Waals surface area contributed by atoms with Gasteiger partial charge >= 0.3 is 6.18 Å². The first-order valence-electron chi connectivity index (χ1n) is 13.3. The van der Waals surface area contributed by atoms with E-state index in [1.807, 2.05) is 13.8 Å². The minimum Gasteiger partial charge on any atom is -0.340 e. The van der Waals surface area contributed by atoms with Crippen molar-refractivity contribution in [2.24, 2.45) is 16.6 Å². The Labute approximate surface area is 231 Å². The fourth-order valence-electron chi connectivity index (χ4n) is 5.26. The number of hydrogen-bond donors (Lipinski definition) is 3. The number of para-hydroxylation sites is 1. The number of carbonyl (C=O) groups excluding carboxylic acids is 3. The Morgan fingerprint density at radius 3 is 2.33 bits per heavy atom. The average molecular weight is 558 g/mol. The van der Waals surface area contributed by atoms with E-state index in [4.69, 9.17) is 5.73 Å². The van der Waals surface area contributed by atoms with E-state index in [2.05, 4.69) is 15.6 Å². The molecule has 2 unspecified atom stereocenters. The standard InChI is InChI=1S/C29H34F3N5O3/c1-17(2)16-21(33)25(38)36-28(14-6-7-15-28)27(40)35-24-26(39)37(3)22-9-5-4-8-20(22)23(34-24)18-10-12-19(13-11-18)29(30,31)32/h4-5,8-13,17,21,24H,6-7,14-16,33H2,1-3H3,(H,35,40)(H,36,38). The van der Waals surface area contributed by atoms with Gasteiger partial charge in [-0.3, -0.25) is 14.4 Å². The van der Waals surface area contributed by atoms with E-state index in [9.17, 15) is 27.6 Å². The Balaban J connectivity index is 1.69. The molecule has 214 valence electrons. The van der Waals surface area contributed by atoms with Gasteiger partial charge < -0.3 is 21.3 Å². The zero-order valence-electron chi connectivity index (χ0n) is 22.7. The molecule has 0 spiro atoms. The predicted octanol–water partition coefficient (Wildman–Crippen LogP) is 3.76. The fraction of sp³-hybridized carbons (Fsp3) is 0.448. The Morgan fingerprint density at radius 1 is 1.10 bits per heavy atom. The average Bonchev–Trinajstić information content (AvgIpc) is 3.35. The van der Waals surface area contributed by atoms with Gasteiger partial charge in [0, 0.05) is 18.2 Å². The van der Waals surface area contributed by atoms with E-state index in [0.717, 1.165) is 12.1 Å². The van der Waals surface area contributed by atoms with E-state index in [1.54, 1.807) is 31.3 Å². The van der Waals surface area contributed by atoms with Crippen LogP contribution in [0.1, 0.15) is 62.6 Å². The molecule has 0 radical (unpaired) electrons. The minimum absolute atomic E-state index is 0.188. The van der Waals surface area contributed by atoms with Gasteiger partial charge in [-0.15, -0.1) is 0 Å². The van der Waals surface area contributed by atoms with E-state index >= 15 is 0 Å². The molecule has 40 heavy (non-hydrogen) atoms. The van der Waals surface area contributed by atoms with Gasteiger partial charge in [0.25, 0.3) is 5.91 Å². The van der Waals surface area contributed by atoms with E-state index in [0.29, 0.717) is 48.9 Å². The van der Waals surface area contributed by atoms with Gasteiger partial charge in [0.05, 0.1) is 23.0 Å². The summed E-state index contributed by atoms with van der Waals surface area (Å²) in [5, 5.41) is 5.58. The summed E-state index contributed by atoms with van der Waals surface area (Å²) in [5.74, 6) is -1.33. The summed E-state index contributed by atoms with van der Waals surface area (Å²) in [7, 11) is 1.55. The smallest absolute Gasteiger partial charge is 0.340 e. The van der Waals surface area contributed by atoms with Gasteiger partial charge in [0.15, 0.2) is 0 Å². The number of anilines is 1. The molecule has 1 saturated carbocycles. The number of carbonyl (C=O) groups is 3. The highest BCUT2D eigenvalue weighted by atomic mass is 19.4. The molecule has 1 aliphatic heterocycles. The van der Waals surface area contributed by atoms with E-state index in [-0.39, 0.29) is 11.6 Å². The van der Waals surface area contributed by atoms with Crippen molar-refractivity contribution in [2.45, 2.75) is 69.9 Å². The van der Waals surface area contributed by atoms with Crippen molar-refractivity contribution < 1.29 is 27.6 Å². The lowest BCUT2D eigenvalue weighted by Gasteiger charge is -2.32. The second kappa shape index (κ2) is 11.4. The molecule has 1 aliphatic carbocycles. The molecule has 0 aromatic heterocycles. The van der Waals surface area contributed by atoms with Crippen molar-refractivity contribution in [1.29, 1.82) is 0 Å². The Morgan fingerprint density at radius 2 is 1.73 bits per heavy atom. The third-order valence-electron chi connectivity index (χ3n) is 7.41. The lowest BCUT2D eigenvalue weighted by molar-refractivity contribution is -0.137. The highest BCUT2D eigenvalue weighted by molar-refractivity contribution is 6.20. The molecule has 4 rings (SSSR count). The number of nitrogens with one attached hydrogen (secondary N) is 2. The highest BCUT2D eigenvalue weighted by Gasteiger charge is 2.45. The number of likely N-dealkylation sites (N-methyl/N-ethyl adjacent to an activating group) is 1. The Bertz CT molecular complexity index is 1300. The molecular weight excluding hydrogens is 523 g/mol. The summed E-state index contributed by atoms with van der Waals surface area (Å²) >= 11 is 0. The maximum atomic E-state index is 13.7. The molecule has 2 atom stereocenters. The van der Waals surface area contributed by atoms with Crippen molar-refractivity contribution in [3.8, 4) is 0 Å². The second-order valence-electron chi connectivity index (χ2n) is 10.9. The first-order valence-corrected chi connectivity index (χ1v) is 13.3. The summed E-state index contributed by atoms with van der Waals surface area (Å²) < 4.78 is 39.6. The lowest BCUT2D eigenvalue weighted by Crippen LogP contribution is -2.62. The van der Waals surface area contributed by atoms with Crippen LogP contribution in [0, 0.1) is 5.92 Å². The van der Waals surface area contributed by atoms with Crippen molar-refractivity contribution in [3.05, 3.63) is 65.2 Å². The quantitative estimate of drug-likeness (QED) is 0.481. The maximum absolute atomic E-state index is 13.7. The largest absolute Gasteiger partial charge is 0.416 e. The van der Waals surface area contributed by atoms with Crippen LogP contribution in [0.25, 0.3) is 0 Å². The van der Waals surface area contributed by atoms with Gasteiger partial charge in [-0.1, -0.05) is 57.0 Å². The van der Waals surface area contributed by atoms with E-state index < -0.39 is 47.2 Å². The molecule has 1 heterocycles. The zero-order chi connectivity index (χ0) is 29.2. The molecule has 4 N–H and O–H groups in total. The van der Waals surface area contributed by atoms with Crippen LogP contribution >= 0.6 is 0 Å². The first kappa shape index (κ1) is 29.3. The monoisotopic (exact) mass is 557 g/mol. The zero-order valence-corrected chi connectivity index (χ0v) is 22.7. The van der Waals surface area contributed by atoms with Gasteiger partial charge in [0.1, 0.15) is 5.54 Å². The van der Waals surface area contributed by atoms with E-state index in [1.165, 1.54) is 17.0 Å². The molecule has 0 saturated heterocycles. The first-order chi connectivity index (χ1) is 18.8. The molecular formula is C29H34F3N5O3. The summed E-state index contributed by atoms with van der Waals surface area (Å²) in [6, 6.07) is 10.6. The number of nitrogens with two attached hydrogens (primary N) is 1. The molecule has 11 heteroatoms.